The second-order valence-corrected chi connectivity index (χ2v) is 21.3. The molecule has 3 aromatic carbocycles. The molecule has 3 aliphatic heterocycles. The third kappa shape index (κ3) is 14.6. The number of fused-ring (bicyclic) bond motifs is 1. The first kappa shape index (κ1) is 50.2. The van der Waals surface area contributed by atoms with Crippen LogP contribution in [0.1, 0.15) is 58.4 Å². The molecule has 17 nitrogen and oxygen atoms in total. The molecule has 19 heteroatoms. The molecule has 3 unspecified atom stereocenters. The van der Waals surface area contributed by atoms with E-state index in [-0.39, 0.29) is 54.3 Å². The summed E-state index contributed by atoms with van der Waals surface area (Å²) in [7, 11) is -4.59. The van der Waals surface area contributed by atoms with E-state index in [1.165, 1.54) is 26.2 Å². The van der Waals surface area contributed by atoms with Crippen molar-refractivity contribution in [3.8, 4) is 17.2 Å². The Morgan fingerprint density at radius 1 is 0.923 bits per heavy atom. The zero-order chi connectivity index (χ0) is 46.6. The number of nitrogens with zero attached hydrogens (tertiary/aromatic N) is 1. The smallest absolute Gasteiger partial charge is 0.417 e. The Kier molecular flexibility index (Phi) is 18.1. The number of benzene rings is 3. The van der Waals surface area contributed by atoms with E-state index in [2.05, 4.69) is 22.6 Å². The number of alkyl carbamates (subject to hydrolysis) is 1. The Bertz CT molecular complexity index is 2120. The topological polar surface area (TPSA) is 207 Å². The minimum atomic E-state index is -4.13. The molecule has 8 atom stereocenters. The maximum atomic E-state index is 14.2. The molecule has 0 aliphatic carbocycles. The number of para-hydroxylation sites is 1. The number of methoxy groups -OCH3 is 1. The lowest BCUT2D eigenvalue weighted by Gasteiger charge is -2.30. The molecule has 358 valence electrons. The zero-order valence-corrected chi connectivity index (χ0v) is 39.5. The quantitative estimate of drug-likeness (QED) is 0.0555. The van der Waals surface area contributed by atoms with Gasteiger partial charge >= 0.3 is 19.7 Å². The summed E-state index contributed by atoms with van der Waals surface area (Å²) in [5.74, 6) is 0.610. The highest BCUT2D eigenvalue weighted by Crippen LogP contribution is 2.49. The van der Waals surface area contributed by atoms with E-state index < -0.39 is 72.0 Å². The average molecular weight is 946 g/mol. The Morgan fingerprint density at radius 3 is 2.29 bits per heavy atom. The number of likely N-dealkylation sites (tertiary alicyclic amines) is 1. The van der Waals surface area contributed by atoms with Crippen molar-refractivity contribution in [2.45, 2.75) is 100 Å². The molecule has 1 amide bonds. The van der Waals surface area contributed by atoms with E-state index in [1.807, 2.05) is 13.8 Å². The fourth-order valence-electron chi connectivity index (χ4n) is 7.99. The maximum Gasteiger partial charge on any atom is 0.417 e. The van der Waals surface area contributed by atoms with Gasteiger partial charge in [0.25, 0.3) is 0 Å². The SMILES string of the molecule is COc1ccc(S(=O)(=O)C(CC(C)C)N[C@@H](O)[C@H](Cc2ccc(OCP(=O)(Oc3ccccc3)OC(C)C(=O)OCCC3CCN(C)CC3)cc2)NC(=O)O[C@H]2CO[C@H]3OCC[C@H]32)cc1. The zero-order valence-electron chi connectivity index (χ0n) is 37.7. The van der Waals surface area contributed by atoms with Crippen molar-refractivity contribution in [1.29, 1.82) is 0 Å². The number of hydrogen-bond acceptors (Lipinski definition) is 16. The fourth-order valence-corrected chi connectivity index (χ4v) is 11.3. The van der Waals surface area contributed by atoms with E-state index in [0.717, 1.165) is 32.4 Å². The normalized spacial score (nSPS) is 21.9. The van der Waals surface area contributed by atoms with Gasteiger partial charge in [-0.05, 0) is 132 Å². The molecule has 0 radical (unpaired) electrons. The van der Waals surface area contributed by atoms with E-state index in [1.54, 1.807) is 66.7 Å². The standard InChI is InChI=1S/C46H64N3O14PS/c1-31(2)27-42(65(54,55)38-17-15-35(56-5)16-18-38)48-43(50)40(47-46(52)61-41-29-59-45-39(41)22-26-58-45)28-34-11-13-36(14-12-34)60-30-64(53,63-37-9-7-6-8-10-37)62-32(3)44(51)57-25-21-33-19-23-49(4)24-20-33/h6-18,31-33,39-43,45,48,50H,19-30H2,1-5H3,(H,47,52)/t32?,39-,40-,41-,42?,43-,45+,64?/m0/s1. The Hall–Kier alpha value is -4.26. The van der Waals surface area contributed by atoms with Gasteiger partial charge in [0.15, 0.2) is 22.2 Å². The number of amides is 1. The number of piperidine rings is 1. The molecular weight excluding hydrogens is 882 g/mol. The molecule has 3 N–H and O–H groups in total. The van der Waals surface area contributed by atoms with Crippen LogP contribution in [0.2, 0.25) is 0 Å². The number of aliphatic hydroxyl groups excluding tert-OH is 1. The Labute approximate surface area is 382 Å². The van der Waals surface area contributed by atoms with Crippen molar-refractivity contribution >= 4 is 29.5 Å². The minimum absolute atomic E-state index is 0.0208. The van der Waals surface area contributed by atoms with Crippen LogP contribution < -0.4 is 24.6 Å². The van der Waals surface area contributed by atoms with Gasteiger partial charge in [0.2, 0.25) is 6.35 Å². The van der Waals surface area contributed by atoms with Crippen molar-refractivity contribution in [2.24, 2.45) is 17.8 Å². The van der Waals surface area contributed by atoms with Gasteiger partial charge in [0.1, 0.15) is 35.0 Å². The Morgan fingerprint density at radius 2 is 1.62 bits per heavy atom. The number of carbonyl (C=O) groups excluding carboxylic acids is 2. The van der Waals surface area contributed by atoms with Crippen LogP contribution >= 0.6 is 7.60 Å². The van der Waals surface area contributed by atoms with Crippen LogP contribution in [0.3, 0.4) is 0 Å². The van der Waals surface area contributed by atoms with Gasteiger partial charge in [-0.25, -0.2) is 22.6 Å². The molecule has 65 heavy (non-hydrogen) atoms. The number of ether oxygens (including phenoxy) is 6. The number of carbonyl (C=O) groups is 2. The molecule has 0 saturated carbocycles. The summed E-state index contributed by atoms with van der Waals surface area (Å²) in [6, 6.07) is 19.9. The highest BCUT2D eigenvalue weighted by Gasteiger charge is 2.44. The summed E-state index contributed by atoms with van der Waals surface area (Å²) < 4.78 is 87.4. The van der Waals surface area contributed by atoms with E-state index in [9.17, 15) is 27.7 Å². The van der Waals surface area contributed by atoms with Crippen LogP contribution in [0.15, 0.2) is 83.8 Å². The molecule has 3 heterocycles. The molecule has 0 bridgehead atoms. The predicted molar refractivity (Wildman–Crippen MR) is 240 cm³/mol. The van der Waals surface area contributed by atoms with Crippen LogP contribution in [-0.4, -0.2) is 120 Å². The maximum absolute atomic E-state index is 14.2. The number of rotatable bonds is 23. The highest BCUT2D eigenvalue weighted by molar-refractivity contribution is 7.92. The van der Waals surface area contributed by atoms with E-state index >= 15 is 0 Å². The van der Waals surface area contributed by atoms with Crippen LogP contribution in [0, 0.1) is 17.8 Å². The summed E-state index contributed by atoms with van der Waals surface area (Å²) in [6.07, 6.45) is -1.54. The first-order valence-corrected chi connectivity index (χ1v) is 25.5. The van der Waals surface area contributed by atoms with Crippen LogP contribution in [0.5, 0.6) is 17.2 Å². The van der Waals surface area contributed by atoms with Crippen LogP contribution in [0.4, 0.5) is 4.79 Å². The largest absolute Gasteiger partial charge is 0.497 e. The van der Waals surface area contributed by atoms with Gasteiger partial charge in [-0.3, -0.25) is 9.84 Å². The lowest BCUT2D eigenvalue weighted by Crippen LogP contribution is -2.56. The molecule has 6 rings (SSSR count). The molecule has 0 aromatic heterocycles. The van der Waals surface area contributed by atoms with Crippen molar-refractivity contribution in [2.75, 3.05) is 53.4 Å². The molecule has 3 aromatic rings. The van der Waals surface area contributed by atoms with Crippen molar-refractivity contribution in [3.05, 3.63) is 84.4 Å². The molecule has 3 aliphatic rings. The second-order valence-electron chi connectivity index (χ2n) is 17.3. The van der Waals surface area contributed by atoms with Crippen molar-refractivity contribution in [3.63, 3.8) is 0 Å². The lowest BCUT2D eigenvalue weighted by atomic mass is 9.94. The van der Waals surface area contributed by atoms with Crippen molar-refractivity contribution in [1.82, 2.24) is 15.5 Å². The molecule has 3 saturated heterocycles. The molecule has 3 fully saturated rings. The number of hydrogen-bond donors (Lipinski definition) is 3. The first-order chi connectivity index (χ1) is 31.1. The van der Waals surface area contributed by atoms with Gasteiger partial charge in [0.05, 0.1) is 43.8 Å². The van der Waals surface area contributed by atoms with Gasteiger partial charge in [-0.1, -0.05) is 44.2 Å². The Balaban J connectivity index is 1.13. The monoisotopic (exact) mass is 945 g/mol. The van der Waals surface area contributed by atoms with E-state index in [4.69, 9.17) is 37.5 Å². The molecule has 0 spiro atoms. The number of aliphatic hydroxyl groups is 1. The van der Waals surface area contributed by atoms with E-state index in [0.29, 0.717) is 30.3 Å². The van der Waals surface area contributed by atoms with Crippen LogP contribution in [-0.2, 0) is 49.1 Å². The van der Waals surface area contributed by atoms with Gasteiger partial charge in [-0.2, -0.15) is 0 Å². The van der Waals surface area contributed by atoms with Crippen molar-refractivity contribution < 1.29 is 65.1 Å². The summed E-state index contributed by atoms with van der Waals surface area (Å²) >= 11 is 0. The third-order valence-corrected chi connectivity index (χ3v) is 15.3. The lowest BCUT2D eigenvalue weighted by molar-refractivity contribution is -0.151. The first-order valence-electron chi connectivity index (χ1n) is 22.2. The number of nitrogens with one attached hydrogen (secondary N) is 2. The van der Waals surface area contributed by atoms with Crippen LogP contribution in [0.25, 0.3) is 0 Å². The summed E-state index contributed by atoms with van der Waals surface area (Å²) in [5.41, 5.74) is 0.618. The van der Waals surface area contributed by atoms with Gasteiger partial charge in [0, 0.05) is 0 Å². The third-order valence-electron chi connectivity index (χ3n) is 11.7. The predicted octanol–water partition coefficient (Wildman–Crippen LogP) is 6.14. The number of sulfone groups is 1. The highest BCUT2D eigenvalue weighted by atomic mass is 32.2. The summed E-state index contributed by atoms with van der Waals surface area (Å²) in [4.78, 5) is 28.7. The number of esters is 1. The molecular formula is C46H64N3O14PS. The average Bonchev–Trinajstić information content (AvgIpc) is 3.91. The minimum Gasteiger partial charge on any atom is -0.497 e. The summed E-state index contributed by atoms with van der Waals surface area (Å²) in [5, 5.41) is 16.2. The van der Waals surface area contributed by atoms with Gasteiger partial charge in [-0.15, -0.1) is 0 Å². The summed E-state index contributed by atoms with van der Waals surface area (Å²) in [6.45, 7) is 8.08. The fraction of sp³-hybridized carbons (Fsp3) is 0.565. The van der Waals surface area contributed by atoms with Gasteiger partial charge < -0.3 is 48.3 Å². The second kappa shape index (κ2) is 23.5.